The van der Waals surface area contributed by atoms with Gasteiger partial charge in [-0.2, -0.15) is 0 Å². The first kappa shape index (κ1) is 21.3. The van der Waals surface area contributed by atoms with Crippen molar-refractivity contribution in [1.82, 2.24) is 9.80 Å². The highest BCUT2D eigenvalue weighted by atomic mass is 35.5. The van der Waals surface area contributed by atoms with Crippen LogP contribution >= 0.6 is 11.6 Å². The average Bonchev–Trinajstić information content (AvgIpc) is 2.66. The first-order valence-electron chi connectivity index (χ1n) is 8.94. The van der Waals surface area contributed by atoms with Crippen LogP contribution in [-0.4, -0.2) is 62.5 Å². The molecular weight excluding hydrogens is 419 g/mol. The Hall–Kier alpha value is -2.45. The standard InChI is InChI=1S/C20H20ClFN2O4S/c1-29(27,28)13-14-2-4-15(5-3-14)19(25)23-8-10-24(11-9-23)20(26)17-7-6-16(22)12-18(17)21/h2-7,12H,8-11,13H2,1H3. The van der Waals surface area contributed by atoms with E-state index < -0.39 is 15.7 Å². The van der Waals surface area contributed by atoms with Crippen LogP contribution in [0.1, 0.15) is 26.3 Å². The SMILES string of the molecule is CS(=O)(=O)Cc1ccc(C(=O)N2CCN(C(=O)c3ccc(F)cc3Cl)CC2)cc1. The second-order valence-electron chi connectivity index (χ2n) is 6.98. The molecule has 6 nitrogen and oxygen atoms in total. The summed E-state index contributed by atoms with van der Waals surface area (Å²) in [5.41, 5.74) is 1.31. The molecule has 2 amide bonds. The van der Waals surface area contributed by atoms with Crippen LogP contribution in [0.25, 0.3) is 0 Å². The van der Waals surface area contributed by atoms with Crippen LogP contribution in [0.15, 0.2) is 42.5 Å². The lowest BCUT2D eigenvalue weighted by atomic mass is 10.1. The summed E-state index contributed by atoms with van der Waals surface area (Å²) in [6, 6.07) is 10.1. The first-order valence-corrected chi connectivity index (χ1v) is 11.4. The van der Waals surface area contributed by atoms with Gasteiger partial charge in [-0.25, -0.2) is 12.8 Å². The van der Waals surface area contributed by atoms with E-state index in [2.05, 4.69) is 0 Å². The lowest BCUT2D eigenvalue weighted by Gasteiger charge is -2.35. The Labute approximate surface area is 173 Å². The van der Waals surface area contributed by atoms with Gasteiger partial charge in [0.15, 0.2) is 9.84 Å². The molecule has 0 radical (unpaired) electrons. The number of hydrogen-bond acceptors (Lipinski definition) is 4. The Balaban J connectivity index is 1.61. The van der Waals surface area contributed by atoms with Gasteiger partial charge < -0.3 is 9.80 Å². The molecule has 0 spiro atoms. The second kappa shape index (κ2) is 8.51. The molecule has 1 heterocycles. The number of sulfone groups is 1. The molecule has 1 saturated heterocycles. The van der Waals surface area contributed by atoms with Gasteiger partial charge in [-0.15, -0.1) is 0 Å². The number of halogens is 2. The third kappa shape index (κ3) is 5.33. The quantitative estimate of drug-likeness (QED) is 0.735. The topological polar surface area (TPSA) is 74.8 Å². The summed E-state index contributed by atoms with van der Waals surface area (Å²) in [6.07, 6.45) is 1.16. The fourth-order valence-electron chi connectivity index (χ4n) is 3.17. The lowest BCUT2D eigenvalue weighted by Crippen LogP contribution is -2.50. The van der Waals surface area contributed by atoms with Gasteiger partial charge in [0, 0.05) is 38.0 Å². The zero-order chi connectivity index (χ0) is 21.2. The summed E-state index contributed by atoms with van der Waals surface area (Å²) in [5, 5.41) is 0.0580. The van der Waals surface area contributed by atoms with Crippen LogP contribution in [0.2, 0.25) is 5.02 Å². The Bertz CT molecular complexity index is 1030. The Morgan fingerprint density at radius 3 is 2.03 bits per heavy atom. The number of rotatable bonds is 4. The molecule has 0 unspecified atom stereocenters. The van der Waals surface area contributed by atoms with Crippen LogP contribution in [-0.2, 0) is 15.6 Å². The zero-order valence-corrected chi connectivity index (χ0v) is 17.3. The number of benzene rings is 2. The van der Waals surface area contributed by atoms with Crippen LogP contribution in [0.3, 0.4) is 0 Å². The van der Waals surface area contributed by atoms with E-state index in [1.807, 2.05) is 0 Å². The van der Waals surface area contributed by atoms with Crippen LogP contribution in [0, 0.1) is 5.82 Å². The number of nitrogens with zero attached hydrogens (tertiary/aromatic N) is 2. The molecule has 0 saturated carbocycles. The molecule has 2 aromatic carbocycles. The normalized spacial score (nSPS) is 14.7. The molecule has 154 valence electrons. The summed E-state index contributed by atoms with van der Waals surface area (Å²) in [6.45, 7) is 1.39. The van der Waals surface area contributed by atoms with Gasteiger partial charge in [0.05, 0.1) is 16.3 Å². The van der Waals surface area contributed by atoms with Crippen molar-refractivity contribution in [2.75, 3.05) is 32.4 Å². The average molecular weight is 439 g/mol. The Kier molecular flexibility index (Phi) is 6.24. The molecule has 0 atom stereocenters. The van der Waals surface area contributed by atoms with E-state index in [0.29, 0.717) is 37.3 Å². The summed E-state index contributed by atoms with van der Waals surface area (Å²) < 4.78 is 35.9. The van der Waals surface area contributed by atoms with Crippen molar-refractivity contribution < 1.29 is 22.4 Å². The minimum absolute atomic E-state index is 0.0580. The number of carbonyl (C=O) groups is 2. The molecule has 0 N–H and O–H groups in total. The highest BCUT2D eigenvalue weighted by Gasteiger charge is 2.26. The Morgan fingerprint density at radius 1 is 0.966 bits per heavy atom. The summed E-state index contributed by atoms with van der Waals surface area (Å²) >= 11 is 5.97. The predicted molar refractivity (Wildman–Crippen MR) is 108 cm³/mol. The third-order valence-electron chi connectivity index (χ3n) is 4.65. The van der Waals surface area contributed by atoms with Gasteiger partial charge in [-0.05, 0) is 35.9 Å². The van der Waals surface area contributed by atoms with Gasteiger partial charge in [-0.1, -0.05) is 23.7 Å². The number of piperazine rings is 1. The van der Waals surface area contributed by atoms with E-state index in [9.17, 15) is 22.4 Å². The van der Waals surface area contributed by atoms with Crippen molar-refractivity contribution >= 4 is 33.3 Å². The summed E-state index contributed by atoms with van der Waals surface area (Å²) in [7, 11) is -3.14. The molecule has 2 aromatic rings. The van der Waals surface area contributed by atoms with Crippen molar-refractivity contribution in [1.29, 1.82) is 0 Å². The number of amides is 2. The predicted octanol–water partition coefficient (Wildman–Crippen LogP) is 2.62. The summed E-state index contributed by atoms with van der Waals surface area (Å²) in [4.78, 5) is 28.5. The van der Waals surface area contributed by atoms with Gasteiger partial charge in [0.2, 0.25) is 0 Å². The zero-order valence-electron chi connectivity index (χ0n) is 15.8. The molecule has 1 aliphatic heterocycles. The van der Waals surface area contributed by atoms with Gasteiger partial charge in [0.1, 0.15) is 5.82 Å². The molecule has 0 aromatic heterocycles. The van der Waals surface area contributed by atoms with Crippen molar-refractivity contribution in [3.8, 4) is 0 Å². The highest BCUT2D eigenvalue weighted by molar-refractivity contribution is 7.89. The smallest absolute Gasteiger partial charge is 0.255 e. The van der Waals surface area contributed by atoms with Gasteiger partial charge in [0.25, 0.3) is 11.8 Å². The van der Waals surface area contributed by atoms with E-state index in [1.165, 1.54) is 12.1 Å². The first-order chi connectivity index (χ1) is 13.6. The van der Waals surface area contributed by atoms with E-state index in [-0.39, 0.29) is 28.2 Å². The highest BCUT2D eigenvalue weighted by Crippen LogP contribution is 2.20. The molecule has 29 heavy (non-hydrogen) atoms. The molecular formula is C20H20ClFN2O4S. The number of carbonyl (C=O) groups excluding carboxylic acids is 2. The maximum Gasteiger partial charge on any atom is 0.255 e. The maximum atomic E-state index is 13.2. The second-order valence-corrected chi connectivity index (χ2v) is 9.52. The van der Waals surface area contributed by atoms with E-state index in [4.69, 9.17) is 11.6 Å². The fourth-order valence-corrected chi connectivity index (χ4v) is 4.22. The van der Waals surface area contributed by atoms with Gasteiger partial charge in [-0.3, -0.25) is 9.59 Å². The monoisotopic (exact) mass is 438 g/mol. The van der Waals surface area contributed by atoms with E-state index >= 15 is 0 Å². The van der Waals surface area contributed by atoms with Crippen molar-refractivity contribution in [3.05, 3.63) is 70.0 Å². The minimum atomic E-state index is -3.14. The lowest BCUT2D eigenvalue weighted by molar-refractivity contribution is 0.0535. The van der Waals surface area contributed by atoms with Crippen molar-refractivity contribution in [2.24, 2.45) is 0 Å². The largest absolute Gasteiger partial charge is 0.335 e. The molecule has 0 aliphatic carbocycles. The minimum Gasteiger partial charge on any atom is -0.335 e. The third-order valence-corrected chi connectivity index (χ3v) is 5.82. The van der Waals surface area contributed by atoms with Crippen LogP contribution < -0.4 is 0 Å². The van der Waals surface area contributed by atoms with E-state index in [1.54, 1.807) is 34.1 Å². The molecule has 3 rings (SSSR count). The number of hydrogen-bond donors (Lipinski definition) is 0. The van der Waals surface area contributed by atoms with E-state index in [0.717, 1.165) is 12.3 Å². The molecule has 1 fully saturated rings. The maximum absolute atomic E-state index is 13.2. The summed E-state index contributed by atoms with van der Waals surface area (Å²) in [5.74, 6) is -1.06. The van der Waals surface area contributed by atoms with Gasteiger partial charge >= 0.3 is 0 Å². The van der Waals surface area contributed by atoms with Crippen molar-refractivity contribution in [3.63, 3.8) is 0 Å². The fraction of sp³-hybridized carbons (Fsp3) is 0.300. The Morgan fingerprint density at radius 2 is 1.52 bits per heavy atom. The van der Waals surface area contributed by atoms with Crippen LogP contribution in [0.4, 0.5) is 4.39 Å². The van der Waals surface area contributed by atoms with Crippen molar-refractivity contribution in [2.45, 2.75) is 5.75 Å². The van der Waals surface area contributed by atoms with Crippen LogP contribution in [0.5, 0.6) is 0 Å². The molecule has 1 aliphatic rings. The molecule has 0 bridgehead atoms. The molecule has 9 heteroatoms.